The first kappa shape index (κ1) is 24.2. The predicted octanol–water partition coefficient (Wildman–Crippen LogP) is 5.43. The summed E-state index contributed by atoms with van der Waals surface area (Å²) in [5.41, 5.74) is 4.95. The van der Waals surface area contributed by atoms with E-state index in [-0.39, 0.29) is 18.3 Å². The van der Waals surface area contributed by atoms with Crippen LogP contribution in [0.3, 0.4) is 0 Å². The van der Waals surface area contributed by atoms with Gasteiger partial charge in [0.05, 0.1) is 24.3 Å². The van der Waals surface area contributed by atoms with Gasteiger partial charge in [0, 0.05) is 39.0 Å². The highest BCUT2D eigenvalue weighted by atomic mass is 127. The molecule has 5 aromatic rings. The van der Waals surface area contributed by atoms with E-state index in [1.807, 2.05) is 74.5 Å². The van der Waals surface area contributed by atoms with Crippen molar-refractivity contribution in [3.8, 4) is 28.3 Å². The predicted molar refractivity (Wildman–Crippen MR) is 149 cm³/mol. The molecule has 0 saturated carbocycles. The first-order valence-electron chi connectivity index (χ1n) is 11.6. The molecule has 1 unspecified atom stereocenters. The summed E-state index contributed by atoms with van der Waals surface area (Å²) in [5, 5.41) is 18.5. The first-order valence-corrected chi connectivity index (χ1v) is 12.7. The zero-order valence-corrected chi connectivity index (χ0v) is 22.0. The molecule has 0 aliphatic heterocycles. The number of nitrogens with zero attached hydrogens (tertiary/aromatic N) is 3. The number of hydrogen-bond acceptors (Lipinski definition) is 5. The number of aliphatic hydroxyl groups is 1. The Morgan fingerprint density at radius 1 is 1.03 bits per heavy atom. The van der Waals surface area contributed by atoms with E-state index in [0.29, 0.717) is 5.88 Å². The minimum absolute atomic E-state index is 0.0525. The third-order valence-corrected chi connectivity index (χ3v) is 6.62. The zero-order valence-electron chi connectivity index (χ0n) is 19.9. The fraction of sp³-hybridized carbons (Fsp3) is 0.179. The first-order chi connectivity index (χ1) is 17.4. The molecule has 3 heterocycles. The molecule has 0 radical (unpaired) electrons. The number of aromatic amines is 1. The van der Waals surface area contributed by atoms with Gasteiger partial charge in [0.1, 0.15) is 5.69 Å². The van der Waals surface area contributed by atoms with Crippen LogP contribution < -0.4 is 10.3 Å². The summed E-state index contributed by atoms with van der Waals surface area (Å²) in [7, 11) is 0. The fourth-order valence-electron chi connectivity index (χ4n) is 4.24. The van der Waals surface area contributed by atoms with Gasteiger partial charge in [-0.2, -0.15) is 5.10 Å². The number of pyridine rings is 2. The third kappa shape index (κ3) is 4.91. The highest BCUT2D eigenvalue weighted by Gasteiger charge is 2.16. The Hall–Kier alpha value is -3.50. The lowest BCUT2D eigenvalue weighted by molar-refractivity contribution is 0.232. The van der Waals surface area contributed by atoms with E-state index in [4.69, 9.17) is 4.74 Å². The molecule has 182 valence electrons. The van der Waals surface area contributed by atoms with Crippen LogP contribution in [0.2, 0.25) is 0 Å². The maximum absolute atomic E-state index is 13.1. The van der Waals surface area contributed by atoms with Crippen molar-refractivity contribution in [2.75, 3.05) is 6.61 Å². The number of halogens is 1. The van der Waals surface area contributed by atoms with E-state index in [2.05, 4.69) is 37.8 Å². The van der Waals surface area contributed by atoms with Crippen molar-refractivity contribution in [2.24, 2.45) is 0 Å². The molecule has 7 nitrogen and oxygen atoms in total. The van der Waals surface area contributed by atoms with Crippen LogP contribution in [0, 0.1) is 3.57 Å². The Labute approximate surface area is 221 Å². The monoisotopic (exact) mass is 592 g/mol. The minimum atomic E-state index is -0.445. The molecule has 2 N–H and O–H groups in total. The Morgan fingerprint density at radius 3 is 2.53 bits per heavy atom. The van der Waals surface area contributed by atoms with Crippen molar-refractivity contribution in [2.45, 2.75) is 26.0 Å². The van der Waals surface area contributed by atoms with E-state index in [1.54, 1.807) is 23.0 Å². The minimum Gasteiger partial charge on any atom is -0.475 e. The van der Waals surface area contributed by atoms with Gasteiger partial charge >= 0.3 is 0 Å². The molecule has 0 aliphatic rings. The average molecular weight is 592 g/mol. The number of H-pyrrole nitrogens is 1. The van der Waals surface area contributed by atoms with Gasteiger partial charge in [-0.15, -0.1) is 0 Å². The molecule has 8 heteroatoms. The summed E-state index contributed by atoms with van der Waals surface area (Å²) in [5.74, 6) is 0.571. The molecule has 3 aromatic heterocycles. The number of aromatic nitrogens is 4. The molecule has 0 fully saturated rings. The Kier molecular flexibility index (Phi) is 6.88. The summed E-state index contributed by atoms with van der Waals surface area (Å²) in [6.45, 7) is 3.75. The topological polar surface area (TPSA) is 93.0 Å². The van der Waals surface area contributed by atoms with Crippen LogP contribution in [-0.4, -0.2) is 37.6 Å². The van der Waals surface area contributed by atoms with Crippen LogP contribution in [0.5, 0.6) is 5.88 Å². The van der Waals surface area contributed by atoms with Crippen LogP contribution >= 0.6 is 22.6 Å². The van der Waals surface area contributed by atoms with Crippen LogP contribution in [0.1, 0.15) is 25.5 Å². The fourth-order valence-corrected chi connectivity index (χ4v) is 4.81. The Morgan fingerprint density at radius 2 is 1.83 bits per heavy atom. The summed E-state index contributed by atoms with van der Waals surface area (Å²) in [6.07, 6.45) is 3.55. The quantitative estimate of drug-likeness (QED) is 0.246. The van der Waals surface area contributed by atoms with Crippen molar-refractivity contribution in [1.82, 2.24) is 19.7 Å². The van der Waals surface area contributed by atoms with E-state index in [9.17, 15) is 9.90 Å². The van der Waals surface area contributed by atoms with Crippen molar-refractivity contribution < 1.29 is 9.84 Å². The van der Waals surface area contributed by atoms with Gasteiger partial charge in [0.2, 0.25) is 5.88 Å². The van der Waals surface area contributed by atoms with Gasteiger partial charge in [-0.3, -0.25) is 9.89 Å². The molecule has 2 aromatic carbocycles. The maximum Gasteiger partial charge on any atom is 0.251 e. The number of hydrogen-bond donors (Lipinski definition) is 2. The zero-order chi connectivity index (χ0) is 25.2. The van der Waals surface area contributed by atoms with Crippen molar-refractivity contribution in [3.05, 3.63) is 98.6 Å². The van der Waals surface area contributed by atoms with Crippen LogP contribution in [0.4, 0.5) is 0 Å². The van der Waals surface area contributed by atoms with Gasteiger partial charge < -0.3 is 14.4 Å². The van der Waals surface area contributed by atoms with Crippen LogP contribution in [-0.2, 0) is 0 Å². The average Bonchev–Trinajstić information content (AvgIpc) is 3.29. The number of ether oxygens (including phenoxy) is 1. The molecule has 0 saturated heterocycles. The molecule has 0 bridgehead atoms. The lowest BCUT2D eigenvalue weighted by Gasteiger charge is -2.18. The summed E-state index contributed by atoms with van der Waals surface area (Å²) in [6, 6.07) is 20.6. The van der Waals surface area contributed by atoms with Crippen LogP contribution in [0.25, 0.3) is 33.3 Å². The smallest absolute Gasteiger partial charge is 0.251 e. The Balaban J connectivity index is 1.49. The van der Waals surface area contributed by atoms with Gasteiger partial charge in [-0.1, -0.05) is 18.2 Å². The number of benzene rings is 2. The van der Waals surface area contributed by atoms with Gasteiger partial charge in [0.15, 0.2) is 0 Å². The molecule has 1 atom stereocenters. The number of fused-ring (bicyclic) bond motifs is 1. The Bertz CT molecular complexity index is 1570. The number of aliphatic hydroxyl groups excluding tert-OH is 1. The van der Waals surface area contributed by atoms with Crippen molar-refractivity contribution in [1.29, 1.82) is 0 Å². The van der Waals surface area contributed by atoms with E-state index in [1.165, 1.54) is 0 Å². The lowest BCUT2D eigenvalue weighted by atomic mass is 10.0. The molecule has 36 heavy (non-hydrogen) atoms. The number of rotatable bonds is 7. The summed E-state index contributed by atoms with van der Waals surface area (Å²) >= 11 is 2.23. The van der Waals surface area contributed by atoms with Gasteiger partial charge in [-0.05, 0) is 89.5 Å². The second kappa shape index (κ2) is 10.2. The normalized spacial score (nSPS) is 12.2. The van der Waals surface area contributed by atoms with E-state index in [0.717, 1.165) is 42.4 Å². The standard InChI is InChI=1S/C28H25IN4O3/c1-17(2)36-26-9-7-21(15-30-26)28-23-13-18(6-8-24(23)31-32-28)19-10-11-33(27(35)14-19)25(16-34)20-4-3-5-22(29)12-20/h3-15,17,25,34H,16H2,1-2H3,(H,31,32). The van der Waals surface area contributed by atoms with E-state index < -0.39 is 6.04 Å². The number of nitrogens with one attached hydrogen (secondary N) is 1. The highest BCUT2D eigenvalue weighted by Crippen LogP contribution is 2.31. The van der Waals surface area contributed by atoms with Crippen LogP contribution in [0.15, 0.2) is 83.9 Å². The highest BCUT2D eigenvalue weighted by molar-refractivity contribution is 14.1. The summed E-state index contributed by atoms with van der Waals surface area (Å²) in [4.78, 5) is 17.5. The van der Waals surface area contributed by atoms with Crippen molar-refractivity contribution >= 4 is 33.5 Å². The van der Waals surface area contributed by atoms with Gasteiger partial charge in [-0.25, -0.2) is 4.98 Å². The third-order valence-electron chi connectivity index (χ3n) is 5.95. The molecule has 0 spiro atoms. The molecule has 0 amide bonds. The molecule has 5 rings (SSSR count). The molecular weight excluding hydrogens is 567 g/mol. The lowest BCUT2D eigenvalue weighted by Crippen LogP contribution is -2.26. The van der Waals surface area contributed by atoms with Crippen molar-refractivity contribution in [3.63, 3.8) is 0 Å². The second-order valence-electron chi connectivity index (χ2n) is 8.80. The van der Waals surface area contributed by atoms with E-state index >= 15 is 0 Å². The second-order valence-corrected chi connectivity index (χ2v) is 10.0. The molecule has 0 aliphatic carbocycles. The molecular formula is C28H25IN4O3. The van der Waals surface area contributed by atoms with Gasteiger partial charge in [0.25, 0.3) is 5.56 Å². The summed E-state index contributed by atoms with van der Waals surface area (Å²) < 4.78 is 8.27. The maximum atomic E-state index is 13.1. The largest absolute Gasteiger partial charge is 0.475 e. The SMILES string of the molecule is CC(C)Oc1ccc(-c2n[nH]c3ccc(-c4ccn(C(CO)c5cccc(I)c5)c(=O)c4)cc23)cn1.